The van der Waals surface area contributed by atoms with Crippen molar-refractivity contribution in [3.63, 3.8) is 0 Å². The van der Waals surface area contributed by atoms with Gasteiger partial charge in [0, 0.05) is 12.1 Å². The molecular weight excluding hydrogens is 242 g/mol. The average molecular weight is 261 g/mol. The molecule has 0 aromatic carbocycles. The van der Waals surface area contributed by atoms with E-state index in [1.54, 1.807) is 0 Å². The molecule has 2 unspecified atom stereocenters. The summed E-state index contributed by atoms with van der Waals surface area (Å²) in [4.78, 5) is 15.7. The Labute approximate surface area is 111 Å². The fourth-order valence-corrected chi connectivity index (χ4v) is 2.79. The SMILES string of the molecule is CC1CCCCCC1Nc1cc2n[nH]c(=O)n2cn1. The Balaban J connectivity index is 1.81. The van der Waals surface area contributed by atoms with E-state index in [0.717, 1.165) is 5.82 Å². The molecule has 1 saturated carbocycles. The highest BCUT2D eigenvalue weighted by Gasteiger charge is 2.20. The summed E-state index contributed by atoms with van der Waals surface area (Å²) in [5.74, 6) is 1.45. The highest BCUT2D eigenvalue weighted by atomic mass is 16.1. The number of anilines is 1. The molecule has 0 aliphatic heterocycles. The molecule has 6 nitrogen and oxygen atoms in total. The van der Waals surface area contributed by atoms with E-state index in [2.05, 4.69) is 27.4 Å². The van der Waals surface area contributed by atoms with Crippen LogP contribution in [0.5, 0.6) is 0 Å². The van der Waals surface area contributed by atoms with Gasteiger partial charge >= 0.3 is 5.69 Å². The molecule has 0 saturated heterocycles. The first-order chi connectivity index (χ1) is 9.24. The largest absolute Gasteiger partial charge is 0.367 e. The third-order valence-corrected chi connectivity index (χ3v) is 4.00. The maximum atomic E-state index is 11.4. The summed E-state index contributed by atoms with van der Waals surface area (Å²) in [6.07, 6.45) is 7.88. The third kappa shape index (κ3) is 2.47. The van der Waals surface area contributed by atoms with Crippen molar-refractivity contribution >= 4 is 11.5 Å². The fourth-order valence-electron chi connectivity index (χ4n) is 2.79. The number of hydrogen-bond acceptors (Lipinski definition) is 4. The highest BCUT2D eigenvalue weighted by Crippen LogP contribution is 2.25. The molecule has 102 valence electrons. The van der Waals surface area contributed by atoms with Gasteiger partial charge in [-0.1, -0.05) is 26.2 Å². The van der Waals surface area contributed by atoms with Crippen molar-refractivity contribution in [3.05, 3.63) is 22.9 Å². The molecule has 19 heavy (non-hydrogen) atoms. The highest BCUT2D eigenvalue weighted by molar-refractivity contribution is 5.48. The quantitative estimate of drug-likeness (QED) is 0.808. The summed E-state index contributed by atoms with van der Waals surface area (Å²) >= 11 is 0. The number of aromatic amines is 1. The monoisotopic (exact) mass is 261 g/mol. The Kier molecular flexibility index (Phi) is 3.23. The van der Waals surface area contributed by atoms with Crippen LogP contribution in [-0.4, -0.2) is 25.6 Å². The maximum absolute atomic E-state index is 11.4. The molecule has 2 aromatic heterocycles. The Hall–Kier alpha value is -1.85. The zero-order chi connectivity index (χ0) is 13.2. The van der Waals surface area contributed by atoms with E-state index in [4.69, 9.17) is 0 Å². The van der Waals surface area contributed by atoms with Gasteiger partial charge in [0.2, 0.25) is 0 Å². The molecule has 2 N–H and O–H groups in total. The molecule has 1 aliphatic carbocycles. The summed E-state index contributed by atoms with van der Waals surface area (Å²) in [5.41, 5.74) is 0.348. The molecule has 0 bridgehead atoms. The predicted octanol–water partition coefficient (Wildman–Crippen LogP) is 1.80. The molecule has 3 rings (SSSR count). The lowest BCUT2D eigenvalue weighted by atomic mass is 9.97. The molecule has 2 aromatic rings. The fraction of sp³-hybridized carbons (Fsp3) is 0.615. The second-order valence-corrected chi connectivity index (χ2v) is 5.40. The van der Waals surface area contributed by atoms with Crippen LogP contribution in [0.3, 0.4) is 0 Å². The first-order valence-electron chi connectivity index (χ1n) is 6.93. The zero-order valence-electron chi connectivity index (χ0n) is 11.1. The van der Waals surface area contributed by atoms with Crippen LogP contribution in [0.25, 0.3) is 5.65 Å². The number of nitrogens with one attached hydrogen (secondary N) is 2. The minimum Gasteiger partial charge on any atom is -0.367 e. The summed E-state index contributed by atoms with van der Waals surface area (Å²) in [6, 6.07) is 2.28. The van der Waals surface area contributed by atoms with E-state index in [-0.39, 0.29) is 5.69 Å². The maximum Gasteiger partial charge on any atom is 0.348 e. The molecule has 0 amide bonds. The predicted molar refractivity (Wildman–Crippen MR) is 73.3 cm³/mol. The van der Waals surface area contributed by atoms with Crippen molar-refractivity contribution in [1.29, 1.82) is 0 Å². The van der Waals surface area contributed by atoms with Crippen LogP contribution in [0.2, 0.25) is 0 Å². The topological polar surface area (TPSA) is 75.1 Å². The lowest BCUT2D eigenvalue weighted by molar-refractivity contribution is 0.455. The van der Waals surface area contributed by atoms with Crippen LogP contribution in [0.15, 0.2) is 17.2 Å². The molecular formula is C13H19N5O. The molecule has 0 spiro atoms. The second kappa shape index (κ2) is 5.03. The average Bonchev–Trinajstić information content (AvgIpc) is 2.65. The van der Waals surface area contributed by atoms with Crippen LogP contribution < -0.4 is 11.0 Å². The molecule has 2 heterocycles. The molecule has 1 aliphatic rings. The van der Waals surface area contributed by atoms with Crippen LogP contribution in [0, 0.1) is 5.92 Å². The number of hydrogen-bond donors (Lipinski definition) is 2. The van der Waals surface area contributed by atoms with Gasteiger partial charge in [0.25, 0.3) is 0 Å². The van der Waals surface area contributed by atoms with E-state index in [9.17, 15) is 4.79 Å². The van der Waals surface area contributed by atoms with E-state index in [1.807, 2.05) is 6.07 Å². The Morgan fingerprint density at radius 2 is 2.21 bits per heavy atom. The summed E-state index contributed by atoms with van der Waals surface area (Å²) in [6.45, 7) is 2.29. The Morgan fingerprint density at radius 3 is 3.11 bits per heavy atom. The van der Waals surface area contributed by atoms with Gasteiger partial charge in [-0.15, -0.1) is 0 Å². The first kappa shape index (κ1) is 12.2. The first-order valence-corrected chi connectivity index (χ1v) is 6.93. The van der Waals surface area contributed by atoms with Crippen molar-refractivity contribution in [2.24, 2.45) is 5.92 Å². The van der Waals surface area contributed by atoms with Gasteiger partial charge in [0.1, 0.15) is 12.1 Å². The Morgan fingerprint density at radius 1 is 1.37 bits per heavy atom. The smallest absolute Gasteiger partial charge is 0.348 e. The normalized spacial score (nSPS) is 24.3. The van der Waals surface area contributed by atoms with Gasteiger partial charge < -0.3 is 5.32 Å². The molecule has 0 radical (unpaired) electrons. The summed E-state index contributed by atoms with van der Waals surface area (Å²) in [5, 5.41) is 9.86. The van der Waals surface area contributed by atoms with Gasteiger partial charge in [-0.25, -0.2) is 19.3 Å². The van der Waals surface area contributed by atoms with Crippen molar-refractivity contribution in [1.82, 2.24) is 19.6 Å². The van der Waals surface area contributed by atoms with E-state index < -0.39 is 0 Å². The number of aromatic nitrogens is 4. The second-order valence-electron chi connectivity index (χ2n) is 5.40. The van der Waals surface area contributed by atoms with Crippen molar-refractivity contribution < 1.29 is 0 Å². The lowest BCUT2D eigenvalue weighted by Crippen LogP contribution is -2.26. The molecule has 2 atom stereocenters. The van der Waals surface area contributed by atoms with Crippen LogP contribution in [-0.2, 0) is 0 Å². The van der Waals surface area contributed by atoms with Gasteiger partial charge in [-0.3, -0.25) is 0 Å². The number of rotatable bonds is 2. The van der Waals surface area contributed by atoms with Crippen LogP contribution in [0.4, 0.5) is 5.82 Å². The summed E-state index contributed by atoms with van der Waals surface area (Å²) in [7, 11) is 0. The summed E-state index contributed by atoms with van der Waals surface area (Å²) < 4.78 is 1.40. The zero-order valence-corrected chi connectivity index (χ0v) is 11.1. The number of H-pyrrole nitrogens is 1. The van der Waals surface area contributed by atoms with Crippen LogP contribution >= 0.6 is 0 Å². The molecule has 1 fully saturated rings. The van der Waals surface area contributed by atoms with Gasteiger partial charge in [0.05, 0.1) is 0 Å². The standard InChI is InChI=1S/C13H19N5O/c1-9-5-3-2-4-6-10(9)15-11-7-12-16-17-13(19)18(12)8-14-11/h7-10,15H,2-6H2,1H3,(H,17,19). The van der Waals surface area contributed by atoms with Crippen molar-refractivity contribution in [3.8, 4) is 0 Å². The van der Waals surface area contributed by atoms with E-state index in [0.29, 0.717) is 17.6 Å². The van der Waals surface area contributed by atoms with E-state index >= 15 is 0 Å². The minimum absolute atomic E-state index is 0.253. The minimum atomic E-state index is -0.253. The number of nitrogens with zero attached hydrogens (tertiary/aromatic N) is 3. The van der Waals surface area contributed by atoms with Crippen molar-refractivity contribution in [2.75, 3.05) is 5.32 Å². The third-order valence-electron chi connectivity index (χ3n) is 4.00. The lowest BCUT2D eigenvalue weighted by Gasteiger charge is -2.23. The van der Waals surface area contributed by atoms with Crippen molar-refractivity contribution in [2.45, 2.75) is 45.1 Å². The Bertz CT molecular complexity index is 617. The van der Waals surface area contributed by atoms with E-state index in [1.165, 1.54) is 42.8 Å². The molecule has 6 heteroatoms. The van der Waals surface area contributed by atoms with Gasteiger partial charge in [-0.05, 0) is 18.8 Å². The van der Waals surface area contributed by atoms with Gasteiger partial charge in [-0.2, -0.15) is 5.10 Å². The van der Waals surface area contributed by atoms with Crippen LogP contribution in [0.1, 0.15) is 39.0 Å². The number of fused-ring (bicyclic) bond motifs is 1. The van der Waals surface area contributed by atoms with Gasteiger partial charge in [0.15, 0.2) is 5.65 Å².